The van der Waals surface area contributed by atoms with Crippen molar-refractivity contribution >= 4 is 18.0 Å². The molecule has 1 aromatic carbocycles. The minimum atomic E-state index is -0.556. The molecule has 0 atom stereocenters. The Morgan fingerprint density at radius 1 is 1.38 bits per heavy atom. The molecule has 1 rings (SSSR count). The van der Waals surface area contributed by atoms with Gasteiger partial charge in [0.2, 0.25) is 0 Å². The first-order valence-electron chi connectivity index (χ1n) is 4.61. The Morgan fingerprint density at radius 3 is 2.56 bits per heavy atom. The molecule has 4 heteroatoms. The summed E-state index contributed by atoms with van der Waals surface area (Å²) in [4.78, 5) is 22.3. The molecule has 0 aromatic heterocycles. The molecule has 0 radical (unpaired) electrons. The monoisotopic (exact) mass is 220 g/mol. The van der Waals surface area contributed by atoms with Gasteiger partial charge in [-0.3, -0.25) is 4.79 Å². The fraction of sp³-hybridized carbons (Fsp3) is 0.167. The maximum absolute atomic E-state index is 11.4. The van der Waals surface area contributed by atoms with Gasteiger partial charge in [0.15, 0.2) is 0 Å². The topological polar surface area (TPSA) is 52.6 Å². The van der Waals surface area contributed by atoms with Crippen LogP contribution in [0.4, 0.5) is 0 Å². The van der Waals surface area contributed by atoms with Gasteiger partial charge in [0, 0.05) is 6.92 Å². The summed E-state index contributed by atoms with van der Waals surface area (Å²) in [5, 5.41) is 0. The Kier molecular flexibility index (Phi) is 3.83. The van der Waals surface area contributed by atoms with Gasteiger partial charge in [0.25, 0.3) is 0 Å². The van der Waals surface area contributed by atoms with E-state index in [1.165, 1.54) is 20.1 Å². The fourth-order valence-corrected chi connectivity index (χ4v) is 1.19. The van der Waals surface area contributed by atoms with Crippen LogP contribution in [0.2, 0.25) is 0 Å². The van der Waals surface area contributed by atoms with Gasteiger partial charge in [-0.05, 0) is 17.7 Å². The maximum Gasteiger partial charge on any atom is 0.341 e. The van der Waals surface area contributed by atoms with Gasteiger partial charge in [-0.2, -0.15) is 0 Å². The van der Waals surface area contributed by atoms with Gasteiger partial charge in [-0.15, -0.1) is 0 Å². The molecule has 0 N–H and O–H groups in total. The highest BCUT2D eigenvalue weighted by atomic mass is 16.5. The predicted molar refractivity (Wildman–Crippen MR) is 59.2 cm³/mol. The quantitative estimate of drug-likeness (QED) is 0.577. The molecule has 0 bridgehead atoms. The number of carbonyl (C=O) groups excluding carboxylic acids is 2. The van der Waals surface area contributed by atoms with E-state index in [0.29, 0.717) is 0 Å². The molecule has 0 saturated heterocycles. The lowest BCUT2D eigenvalue weighted by atomic mass is 10.1. The molecule has 0 aliphatic rings. The molecule has 0 fully saturated rings. The lowest BCUT2D eigenvalue weighted by Gasteiger charge is -2.07. The molecule has 0 heterocycles. The zero-order valence-corrected chi connectivity index (χ0v) is 9.15. The van der Waals surface area contributed by atoms with E-state index in [4.69, 9.17) is 4.74 Å². The number of rotatable bonds is 3. The van der Waals surface area contributed by atoms with Crippen molar-refractivity contribution in [2.45, 2.75) is 6.92 Å². The van der Waals surface area contributed by atoms with Crippen molar-refractivity contribution in [2.75, 3.05) is 7.11 Å². The van der Waals surface area contributed by atoms with E-state index in [1.54, 1.807) is 18.2 Å². The molecule has 0 aliphatic heterocycles. The summed E-state index contributed by atoms with van der Waals surface area (Å²) < 4.78 is 9.49. The molecule has 84 valence electrons. The molecule has 4 nitrogen and oxygen atoms in total. The van der Waals surface area contributed by atoms with Crippen LogP contribution in [0.3, 0.4) is 0 Å². The fourth-order valence-electron chi connectivity index (χ4n) is 1.19. The van der Waals surface area contributed by atoms with Gasteiger partial charge >= 0.3 is 11.9 Å². The Bertz CT molecular complexity index is 435. The Hall–Kier alpha value is -2.10. The van der Waals surface area contributed by atoms with Crippen molar-refractivity contribution in [2.24, 2.45) is 0 Å². The average Bonchev–Trinajstić information content (AvgIpc) is 2.28. The van der Waals surface area contributed by atoms with E-state index < -0.39 is 11.9 Å². The number of ether oxygens (including phenoxy) is 2. The van der Waals surface area contributed by atoms with E-state index in [0.717, 1.165) is 5.56 Å². The number of esters is 2. The van der Waals surface area contributed by atoms with Crippen molar-refractivity contribution < 1.29 is 19.1 Å². The Balaban J connectivity index is 3.20. The minimum absolute atomic E-state index is 0.185. The first-order valence-corrected chi connectivity index (χ1v) is 4.61. The molecule has 16 heavy (non-hydrogen) atoms. The Labute approximate surface area is 93.5 Å². The average molecular weight is 220 g/mol. The standard InChI is InChI=1S/C12H12O4/c1-4-9-5-6-11(16-8(2)13)10(7-9)12(14)15-3/h4-7H,1H2,2-3H3. The van der Waals surface area contributed by atoms with Crippen LogP contribution in [0.15, 0.2) is 24.8 Å². The molecular formula is C12H12O4. The second-order valence-corrected chi connectivity index (χ2v) is 3.04. The zero-order valence-electron chi connectivity index (χ0n) is 9.15. The van der Waals surface area contributed by atoms with Crippen molar-refractivity contribution in [1.82, 2.24) is 0 Å². The van der Waals surface area contributed by atoms with Gasteiger partial charge in [0.1, 0.15) is 11.3 Å². The largest absolute Gasteiger partial charge is 0.465 e. The lowest BCUT2D eigenvalue weighted by Crippen LogP contribution is -2.09. The van der Waals surface area contributed by atoms with E-state index >= 15 is 0 Å². The summed E-state index contributed by atoms with van der Waals surface area (Å²) in [6.45, 7) is 4.85. The van der Waals surface area contributed by atoms with Crippen LogP contribution >= 0.6 is 0 Å². The van der Waals surface area contributed by atoms with Crippen LogP contribution in [0.1, 0.15) is 22.8 Å². The highest BCUT2D eigenvalue weighted by Crippen LogP contribution is 2.21. The van der Waals surface area contributed by atoms with E-state index in [2.05, 4.69) is 11.3 Å². The highest BCUT2D eigenvalue weighted by Gasteiger charge is 2.14. The molecule has 0 saturated carbocycles. The van der Waals surface area contributed by atoms with Crippen LogP contribution in [0, 0.1) is 0 Å². The SMILES string of the molecule is C=Cc1ccc(OC(C)=O)c(C(=O)OC)c1. The summed E-state index contributed by atoms with van der Waals surface area (Å²) in [7, 11) is 1.26. The molecule has 0 amide bonds. The second kappa shape index (κ2) is 5.11. The van der Waals surface area contributed by atoms with Crippen LogP contribution in [-0.2, 0) is 9.53 Å². The van der Waals surface area contributed by atoms with Gasteiger partial charge in [-0.1, -0.05) is 18.7 Å². The van der Waals surface area contributed by atoms with Gasteiger partial charge in [0.05, 0.1) is 7.11 Å². The third-order valence-electron chi connectivity index (χ3n) is 1.90. The molecular weight excluding hydrogens is 208 g/mol. The zero-order chi connectivity index (χ0) is 12.1. The number of methoxy groups -OCH3 is 1. The third-order valence-corrected chi connectivity index (χ3v) is 1.90. The van der Waals surface area contributed by atoms with Gasteiger partial charge in [-0.25, -0.2) is 4.79 Å². The first-order chi connectivity index (χ1) is 7.58. The van der Waals surface area contributed by atoms with Crippen LogP contribution in [-0.4, -0.2) is 19.0 Å². The molecule has 0 unspecified atom stereocenters. The third kappa shape index (κ3) is 2.70. The molecule has 0 spiro atoms. The maximum atomic E-state index is 11.4. The minimum Gasteiger partial charge on any atom is -0.465 e. The van der Waals surface area contributed by atoms with Crippen LogP contribution in [0.25, 0.3) is 6.08 Å². The van der Waals surface area contributed by atoms with Crippen molar-refractivity contribution in [1.29, 1.82) is 0 Å². The summed E-state index contributed by atoms with van der Waals surface area (Å²) >= 11 is 0. The second-order valence-electron chi connectivity index (χ2n) is 3.04. The number of benzene rings is 1. The number of carbonyl (C=O) groups is 2. The van der Waals surface area contributed by atoms with Crippen LogP contribution < -0.4 is 4.74 Å². The van der Waals surface area contributed by atoms with Gasteiger partial charge < -0.3 is 9.47 Å². The Morgan fingerprint density at radius 2 is 2.06 bits per heavy atom. The summed E-state index contributed by atoms with van der Waals surface area (Å²) in [5.74, 6) is -0.860. The predicted octanol–water partition coefficient (Wildman–Crippen LogP) is 2.04. The number of hydrogen-bond donors (Lipinski definition) is 0. The highest BCUT2D eigenvalue weighted by molar-refractivity contribution is 5.94. The van der Waals surface area contributed by atoms with Crippen molar-refractivity contribution in [3.8, 4) is 5.75 Å². The van der Waals surface area contributed by atoms with Crippen molar-refractivity contribution in [3.05, 3.63) is 35.9 Å². The molecule has 1 aromatic rings. The van der Waals surface area contributed by atoms with Crippen molar-refractivity contribution in [3.63, 3.8) is 0 Å². The normalized spacial score (nSPS) is 9.38. The van der Waals surface area contributed by atoms with Crippen LogP contribution in [0.5, 0.6) is 5.75 Å². The summed E-state index contributed by atoms with van der Waals surface area (Å²) in [5.41, 5.74) is 0.950. The molecule has 0 aliphatic carbocycles. The van der Waals surface area contributed by atoms with E-state index in [1.807, 2.05) is 0 Å². The summed E-state index contributed by atoms with van der Waals surface area (Å²) in [6, 6.07) is 4.78. The smallest absolute Gasteiger partial charge is 0.341 e. The number of hydrogen-bond acceptors (Lipinski definition) is 4. The lowest BCUT2D eigenvalue weighted by molar-refractivity contribution is -0.131. The summed E-state index contributed by atoms with van der Waals surface area (Å²) in [6.07, 6.45) is 1.59. The van der Waals surface area contributed by atoms with E-state index in [9.17, 15) is 9.59 Å². The first kappa shape index (κ1) is 12.0. The van der Waals surface area contributed by atoms with E-state index in [-0.39, 0.29) is 11.3 Å².